The normalized spacial score (nSPS) is 12.2. The van der Waals surface area contributed by atoms with Gasteiger partial charge in [0, 0.05) is 29.8 Å². The molecule has 0 aliphatic carbocycles. The fourth-order valence-electron chi connectivity index (χ4n) is 2.15. The van der Waals surface area contributed by atoms with Crippen LogP contribution in [0, 0.1) is 0 Å². The van der Waals surface area contributed by atoms with Crippen molar-refractivity contribution in [3.8, 4) is 11.1 Å². The Morgan fingerprint density at radius 3 is 2.40 bits per heavy atom. The van der Waals surface area contributed by atoms with Crippen LogP contribution in [0.1, 0.15) is 18.7 Å². The highest BCUT2D eigenvalue weighted by Gasteiger charge is 2.08. The van der Waals surface area contributed by atoms with Crippen molar-refractivity contribution < 1.29 is 0 Å². The van der Waals surface area contributed by atoms with Crippen molar-refractivity contribution in [1.82, 2.24) is 14.5 Å². The van der Waals surface area contributed by atoms with Gasteiger partial charge in [0.1, 0.15) is 0 Å². The molecule has 2 N–H and O–H groups in total. The fraction of sp³-hybridized carbons (Fsp3) is 0.125. The number of nitrogen functional groups attached to an aromatic ring is 1. The van der Waals surface area contributed by atoms with Gasteiger partial charge in [0.2, 0.25) is 0 Å². The van der Waals surface area contributed by atoms with Crippen LogP contribution in [0.25, 0.3) is 11.1 Å². The SMILES string of the molecule is CC(c1ccc(-c2ccc(N)cc2)cn1)n1ccnc1. The molecule has 20 heavy (non-hydrogen) atoms. The van der Waals surface area contributed by atoms with Gasteiger partial charge in [-0.3, -0.25) is 4.98 Å². The Balaban J connectivity index is 1.86. The topological polar surface area (TPSA) is 56.7 Å². The highest BCUT2D eigenvalue weighted by molar-refractivity contribution is 5.64. The number of imidazole rings is 1. The molecule has 0 saturated heterocycles. The van der Waals surface area contributed by atoms with Crippen molar-refractivity contribution in [2.45, 2.75) is 13.0 Å². The highest BCUT2D eigenvalue weighted by Crippen LogP contribution is 2.22. The van der Waals surface area contributed by atoms with Crippen LogP contribution in [0.15, 0.2) is 61.3 Å². The number of nitrogens with zero attached hydrogens (tertiary/aromatic N) is 3. The quantitative estimate of drug-likeness (QED) is 0.739. The molecule has 1 atom stereocenters. The van der Waals surface area contributed by atoms with E-state index in [4.69, 9.17) is 5.73 Å². The third kappa shape index (κ3) is 2.40. The maximum atomic E-state index is 5.70. The molecule has 0 spiro atoms. The molecule has 100 valence electrons. The summed E-state index contributed by atoms with van der Waals surface area (Å²) in [5.41, 5.74) is 9.69. The van der Waals surface area contributed by atoms with Crippen molar-refractivity contribution >= 4 is 5.69 Å². The predicted molar refractivity (Wildman–Crippen MR) is 80.1 cm³/mol. The van der Waals surface area contributed by atoms with Crippen LogP contribution < -0.4 is 5.73 Å². The second-order valence-corrected chi connectivity index (χ2v) is 4.78. The van der Waals surface area contributed by atoms with Gasteiger partial charge in [-0.1, -0.05) is 18.2 Å². The number of pyridine rings is 1. The van der Waals surface area contributed by atoms with Gasteiger partial charge in [0.25, 0.3) is 0 Å². The summed E-state index contributed by atoms with van der Waals surface area (Å²) in [6.45, 7) is 2.10. The van der Waals surface area contributed by atoms with E-state index in [0.29, 0.717) is 0 Å². The summed E-state index contributed by atoms with van der Waals surface area (Å²) in [5.74, 6) is 0. The highest BCUT2D eigenvalue weighted by atomic mass is 15.1. The lowest BCUT2D eigenvalue weighted by Crippen LogP contribution is -2.06. The van der Waals surface area contributed by atoms with Gasteiger partial charge < -0.3 is 10.3 Å². The number of rotatable bonds is 3. The first kappa shape index (κ1) is 12.4. The Labute approximate surface area is 117 Å². The van der Waals surface area contributed by atoms with Crippen LogP contribution in [0.3, 0.4) is 0 Å². The number of anilines is 1. The van der Waals surface area contributed by atoms with E-state index in [1.165, 1.54) is 0 Å². The van der Waals surface area contributed by atoms with Gasteiger partial charge in [-0.05, 0) is 30.7 Å². The van der Waals surface area contributed by atoms with Crippen LogP contribution in [0.4, 0.5) is 5.69 Å². The van der Waals surface area contributed by atoms with Gasteiger partial charge in [0.05, 0.1) is 18.1 Å². The molecule has 0 fully saturated rings. The molecule has 4 nitrogen and oxygen atoms in total. The summed E-state index contributed by atoms with van der Waals surface area (Å²) in [4.78, 5) is 8.62. The molecular formula is C16H16N4. The van der Waals surface area contributed by atoms with Gasteiger partial charge in [0.15, 0.2) is 0 Å². The molecule has 0 amide bonds. The molecule has 0 radical (unpaired) electrons. The van der Waals surface area contributed by atoms with Gasteiger partial charge in [-0.25, -0.2) is 4.98 Å². The predicted octanol–water partition coefficient (Wildman–Crippen LogP) is 3.14. The molecule has 3 aromatic rings. The summed E-state index contributed by atoms with van der Waals surface area (Å²) < 4.78 is 2.03. The van der Waals surface area contributed by atoms with E-state index < -0.39 is 0 Å². The Morgan fingerprint density at radius 2 is 1.80 bits per heavy atom. The Hall–Kier alpha value is -2.62. The maximum absolute atomic E-state index is 5.70. The summed E-state index contributed by atoms with van der Waals surface area (Å²) in [6.07, 6.45) is 7.42. The lowest BCUT2D eigenvalue weighted by atomic mass is 10.1. The summed E-state index contributed by atoms with van der Waals surface area (Å²) >= 11 is 0. The molecule has 2 aromatic heterocycles. The van der Waals surface area contributed by atoms with E-state index in [0.717, 1.165) is 22.5 Å². The first-order valence-corrected chi connectivity index (χ1v) is 6.53. The standard InChI is InChI=1S/C16H16N4/c1-12(20-9-8-18-11-20)16-7-4-14(10-19-16)13-2-5-15(17)6-3-13/h2-12H,17H2,1H3. The van der Waals surface area contributed by atoms with E-state index in [9.17, 15) is 0 Å². The molecule has 3 rings (SSSR count). The monoisotopic (exact) mass is 264 g/mol. The Morgan fingerprint density at radius 1 is 1.05 bits per heavy atom. The summed E-state index contributed by atoms with van der Waals surface area (Å²) in [6, 6.07) is 12.1. The van der Waals surface area contributed by atoms with E-state index in [-0.39, 0.29) is 6.04 Å². The molecule has 2 heterocycles. The molecule has 0 saturated carbocycles. The van der Waals surface area contributed by atoms with Crippen LogP contribution in [-0.4, -0.2) is 14.5 Å². The molecule has 1 aromatic carbocycles. The number of aromatic nitrogens is 3. The number of benzene rings is 1. The number of hydrogen-bond acceptors (Lipinski definition) is 3. The van der Waals surface area contributed by atoms with Crippen molar-refractivity contribution in [3.63, 3.8) is 0 Å². The van der Waals surface area contributed by atoms with E-state index in [1.54, 1.807) is 12.5 Å². The van der Waals surface area contributed by atoms with Crippen LogP contribution in [0.2, 0.25) is 0 Å². The minimum atomic E-state index is 0.179. The zero-order chi connectivity index (χ0) is 13.9. The summed E-state index contributed by atoms with van der Waals surface area (Å²) in [7, 11) is 0. The lowest BCUT2D eigenvalue weighted by molar-refractivity contribution is 0.620. The average molecular weight is 264 g/mol. The lowest BCUT2D eigenvalue weighted by Gasteiger charge is -2.12. The molecule has 4 heteroatoms. The Bertz CT molecular complexity index is 670. The molecule has 0 aliphatic rings. The second kappa shape index (κ2) is 5.17. The Kier molecular flexibility index (Phi) is 3.21. The van der Waals surface area contributed by atoms with E-state index >= 15 is 0 Å². The van der Waals surface area contributed by atoms with Crippen LogP contribution >= 0.6 is 0 Å². The molecule has 0 bridgehead atoms. The van der Waals surface area contributed by atoms with Crippen LogP contribution in [0.5, 0.6) is 0 Å². The zero-order valence-corrected chi connectivity index (χ0v) is 11.3. The van der Waals surface area contributed by atoms with Crippen LogP contribution in [-0.2, 0) is 0 Å². The molecule has 1 unspecified atom stereocenters. The molecule has 0 aliphatic heterocycles. The zero-order valence-electron chi connectivity index (χ0n) is 11.3. The first-order chi connectivity index (χ1) is 9.74. The van der Waals surface area contributed by atoms with E-state index in [1.807, 2.05) is 41.2 Å². The smallest absolute Gasteiger partial charge is 0.0952 e. The molecular weight excluding hydrogens is 248 g/mol. The fourth-order valence-corrected chi connectivity index (χ4v) is 2.15. The third-order valence-corrected chi connectivity index (χ3v) is 3.43. The maximum Gasteiger partial charge on any atom is 0.0952 e. The minimum Gasteiger partial charge on any atom is -0.399 e. The minimum absolute atomic E-state index is 0.179. The largest absolute Gasteiger partial charge is 0.399 e. The van der Waals surface area contributed by atoms with Gasteiger partial charge in [-0.15, -0.1) is 0 Å². The van der Waals surface area contributed by atoms with Crippen molar-refractivity contribution in [2.75, 3.05) is 5.73 Å². The second-order valence-electron chi connectivity index (χ2n) is 4.78. The third-order valence-electron chi connectivity index (χ3n) is 3.43. The van der Waals surface area contributed by atoms with Crippen molar-refractivity contribution in [1.29, 1.82) is 0 Å². The van der Waals surface area contributed by atoms with Gasteiger partial charge >= 0.3 is 0 Å². The summed E-state index contributed by atoms with van der Waals surface area (Å²) in [5, 5.41) is 0. The van der Waals surface area contributed by atoms with Gasteiger partial charge in [-0.2, -0.15) is 0 Å². The van der Waals surface area contributed by atoms with E-state index in [2.05, 4.69) is 29.0 Å². The average Bonchev–Trinajstić information content (AvgIpc) is 3.02. The van der Waals surface area contributed by atoms with Crippen molar-refractivity contribution in [2.24, 2.45) is 0 Å². The number of nitrogens with two attached hydrogens (primary N) is 1. The first-order valence-electron chi connectivity index (χ1n) is 6.53. The van der Waals surface area contributed by atoms with Crippen molar-refractivity contribution in [3.05, 3.63) is 67.0 Å². The number of hydrogen-bond donors (Lipinski definition) is 1.